The third kappa shape index (κ3) is 14.2. The number of esters is 2. The number of hydrogen-bond acceptors (Lipinski definition) is 11. The lowest BCUT2D eigenvalue weighted by Gasteiger charge is -2.22. The summed E-state index contributed by atoms with van der Waals surface area (Å²) >= 11 is 9.53. The van der Waals surface area contributed by atoms with Gasteiger partial charge in [0.1, 0.15) is 17.1 Å². The van der Waals surface area contributed by atoms with Crippen molar-refractivity contribution in [3.8, 4) is 11.5 Å². The number of anilines is 2. The molecule has 3 amide bonds. The Bertz CT molecular complexity index is 2740. The molecule has 2 unspecified atom stereocenters. The number of aromatic nitrogens is 2. The van der Waals surface area contributed by atoms with Gasteiger partial charge in [-0.25, -0.2) is 4.79 Å². The average Bonchev–Trinajstić information content (AvgIpc) is 4.25. The fourth-order valence-electron chi connectivity index (χ4n) is 6.82. The molecule has 2 aromatic heterocycles. The van der Waals surface area contributed by atoms with Crippen LogP contribution in [-0.2, 0) is 23.9 Å². The highest BCUT2D eigenvalue weighted by Crippen LogP contribution is 2.47. The highest BCUT2D eigenvalue weighted by molar-refractivity contribution is 6.40. The second-order valence-corrected chi connectivity index (χ2v) is 19.0. The number of fused-ring (bicyclic) bond motifs is 2. The van der Waals surface area contributed by atoms with Crippen molar-refractivity contribution in [1.82, 2.24) is 15.3 Å². The second-order valence-electron chi connectivity index (χ2n) is 18.2. The largest absolute Gasteiger partial charge is 0.444 e. The summed E-state index contributed by atoms with van der Waals surface area (Å²) in [4.78, 5) is 70.9. The molecule has 0 saturated heterocycles. The van der Waals surface area contributed by atoms with E-state index >= 15 is 0 Å². The van der Waals surface area contributed by atoms with Crippen molar-refractivity contribution in [2.75, 3.05) is 29.1 Å². The van der Waals surface area contributed by atoms with Gasteiger partial charge in [-0.2, -0.15) is 0 Å². The third-order valence-electron chi connectivity index (χ3n) is 11.5. The van der Waals surface area contributed by atoms with Crippen molar-refractivity contribution >= 4 is 86.0 Å². The molecule has 0 bridgehead atoms. The molecule has 0 spiro atoms. The first-order chi connectivity index (χ1) is 32.4. The summed E-state index contributed by atoms with van der Waals surface area (Å²) < 4.78 is 16.2. The van der Waals surface area contributed by atoms with Crippen LogP contribution in [0.15, 0.2) is 122 Å². The predicted molar refractivity (Wildman–Crippen MR) is 265 cm³/mol. The van der Waals surface area contributed by atoms with Gasteiger partial charge in [0, 0.05) is 60.0 Å². The maximum atomic E-state index is 13.3. The summed E-state index contributed by atoms with van der Waals surface area (Å²) in [6.07, 6.45) is 9.72. The maximum absolute atomic E-state index is 13.3. The van der Waals surface area contributed by atoms with E-state index in [9.17, 15) is 24.0 Å². The van der Waals surface area contributed by atoms with Crippen molar-refractivity contribution in [2.45, 2.75) is 77.7 Å². The number of nitrogens with zero attached hydrogens (tertiary/aromatic N) is 2. The van der Waals surface area contributed by atoms with E-state index in [2.05, 4.69) is 25.9 Å². The lowest BCUT2D eigenvalue weighted by molar-refractivity contribution is -0.140. The van der Waals surface area contributed by atoms with Gasteiger partial charge in [0.15, 0.2) is 0 Å². The minimum Gasteiger partial charge on any atom is -0.444 e. The van der Waals surface area contributed by atoms with Gasteiger partial charge < -0.3 is 35.9 Å². The van der Waals surface area contributed by atoms with Crippen LogP contribution in [0, 0.1) is 10.8 Å². The quantitative estimate of drug-likeness (QED) is 0.0488. The van der Waals surface area contributed by atoms with Gasteiger partial charge in [0.2, 0.25) is 11.8 Å². The normalized spacial score (nSPS) is 14.8. The molecule has 2 aliphatic carbocycles. The number of rotatable bonds is 13. The molecular weight excluding hydrogens is 908 g/mol. The standard InChI is InChI=1S/C28H31N3O5.C23H23N3O3.CH2Cl2/c1-27(2,3)36-26(34)30-17-23(18-6-9-22(10-7-18)35-25(33)28(4)12-13-28)24(32)31-21-8-5-20-16-29-14-11-19(20)15-21;1-23(9-10-23)22(28)29-19-6-3-15(4-7-19)20(13-24)21(27)26-18-5-2-17-14-25-11-8-16(17)12-18;2-1-3/h5-11,14-16,23H,12-13,17H2,1-4H3,(H,30,34)(H,31,32);2-8,11-12,14,20H,9-10,13,24H2,1H3,(H,26,27);1H2. The Labute approximate surface area is 405 Å². The van der Waals surface area contributed by atoms with Gasteiger partial charge >= 0.3 is 18.0 Å². The molecular formula is C52H56Cl2N6O8. The van der Waals surface area contributed by atoms with Gasteiger partial charge in [-0.05, 0) is 143 Å². The van der Waals surface area contributed by atoms with E-state index in [0.29, 0.717) is 28.4 Å². The van der Waals surface area contributed by atoms with E-state index in [1.54, 1.807) is 100 Å². The van der Waals surface area contributed by atoms with E-state index in [-0.39, 0.29) is 47.6 Å². The zero-order chi connectivity index (χ0) is 49.1. The fourth-order valence-corrected chi connectivity index (χ4v) is 6.82. The van der Waals surface area contributed by atoms with Gasteiger partial charge in [0.05, 0.1) is 28.0 Å². The monoisotopic (exact) mass is 962 g/mol. The number of pyridine rings is 2. The molecule has 8 rings (SSSR count). The number of benzene rings is 4. The van der Waals surface area contributed by atoms with Crippen LogP contribution in [0.2, 0.25) is 0 Å². The molecule has 0 aliphatic heterocycles. The van der Waals surface area contributed by atoms with Gasteiger partial charge in [-0.3, -0.25) is 29.1 Å². The summed E-state index contributed by atoms with van der Waals surface area (Å²) in [6.45, 7) is 9.30. The minimum atomic E-state index is -0.712. The van der Waals surface area contributed by atoms with Crippen LogP contribution in [-0.4, -0.2) is 63.8 Å². The summed E-state index contributed by atoms with van der Waals surface area (Å²) in [5.41, 5.74) is 7.25. The van der Waals surface area contributed by atoms with E-state index in [1.807, 2.05) is 56.3 Å². The highest BCUT2D eigenvalue weighted by Gasteiger charge is 2.47. The number of alkyl halides is 2. The number of nitrogens with two attached hydrogens (primary N) is 1. The summed E-state index contributed by atoms with van der Waals surface area (Å²) in [6, 6.07) is 28.7. The van der Waals surface area contributed by atoms with Crippen molar-refractivity contribution < 1.29 is 38.2 Å². The maximum Gasteiger partial charge on any atom is 0.407 e. The number of hydrogen-bond donors (Lipinski definition) is 4. The zero-order valence-corrected chi connectivity index (χ0v) is 40.2. The molecule has 14 nitrogen and oxygen atoms in total. The predicted octanol–water partition coefficient (Wildman–Crippen LogP) is 10.2. The summed E-state index contributed by atoms with van der Waals surface area (Å²) in [5, 5.41) is 12.7. The second kappa shape index (κ2) is 22.5. The first-order valence-corrected chi connectivity index (χ1v) is 23.2. The number of carbonyl (C=O) groups is 5. The number of halogens is 2. The lowest BCUT2D eigenvalue weighted by Crippen LogP contribution is -2.37. The Morgan fingerprint density at radius 3 is 1.44 bits per heavy atom. The van der Waals surface area contributed by atoms with Gasteiger partial charge in [-0.1, -0.05) is 36.4 Å². The molecule has 2 fully saturated rings. The Balaban J connectivity index is 0.000000216. The smallest absolute Gasteiger partial charge is 0.407 e. The zero-order valence-electron chi connectivity index (χ0n) is 38.6. The van der Waals surface area contributed by atoms with E-state index in [1.165, 1.54) is 0 Å². The van der Waals surface area contributed by atoms with Crippen LogP contribution in [0.4, 0.5) is 16.2 Å². The first kappa shape index (κ1) is 50.8. The van der Waals surface area contributed by atoms with Crippen molar-refractivity contribution in [3.05, 3.63) is 133 Å². The summed E-state index contributed by atoms with van der Waals surface area (Å²) in [5.74, 6) is -1.26. The molecule has 6 aromatic rings. The molecule has 0 radical (unpaired) electrons. The highest BCUT2D eigenvalue weighted by atomic mass is 35.5. The minimum absolute atomic E-state index is 0.0233. The number of ether oxygens (including phenoxy) is 3. The molecule has 2 heterocycles. The van der Waals surface area contributed by atoms with Crippen molar-refractivity contribution in [2.24, 2.45) is 16.6 Å². The Morgan fingerprint density at radius 2 is 1.04 bits per heavy atom. The van der Waals surface area contributed by atoms with E-state index in [4.69, 9.17) is 43.1 Å². The van der Waals surface area contributed by atoms with Crippen molar-refractivity contribution in [3.63, 3.8) is 0 Å². The average molecular weight is 964 g/mol. The van der Waals surface area contributed by atoms with E-state index in [0.717, 1.165) is 52.8 Å². The summed E-state index contributed by atoms with van der Waals surface area (Å²) in [7, 11) is 0. The Kier molecular flexibility index (Phi) is 16.8. The fraction of sp³-hybridized carbons (Fsp3) is 0.327. The van der Waals surface area contributed by atoms with Crippen LogP contribution < -0.4 is 31.2 Å². The molecule has 2 saturated carbocycles. The number of carbonyl (C=O) groups excluding carboxylic acids is 5. The van der Waals surface area contributed by atoms with Crippen LogP contribution in [0.3, 0.4) is 0 Å². The molecule has 2 aliphatic rings. The van der Waals surface area contributed by atoms with Crippen LogP contribution in [0.1, 0.15) is 83.3 Å². The first-order valence-electron chi connectivity index (χ1n) is 22.2. The number of amides is 3. The van der Waals surface area contributed by atoms with Gasteiger partial charge in [0.25, 0.3) is 0 Å². The molecule has 68 heavy (non-hydrogen) atoms. The molecule has 5 N–H and O–H groups in total. The molecule has 2 atom stereocenters. The Hall–Kier alpha value is -6.61. The van der Waals surface area contributed by atoms with Crippen LogP contribution in [0.5, 0.6) is 11.5 Å². The Morgan fingerprint density at radius 1 is 0.632 bits per heavy atom. The van der Waals surface area contributed by atoms with Crippen LogP contribution >= 0.6 is 23.2 Å². The SMILES string of the molecule is CC(C)(C)OC(=O)NCC(C(=O)Nc1ccc2cnccc2c1)c1ccc(OC(=O)C2(C)CC2)cc1.CC1(C(=O)Oc2ccc(C(CN)C(=O)Nc3ccc4cnccc4c3)cc2)CC1.ClCCl. The molecule has 356 valence electrons. The number of alkyl carbamates (subject to hydrolysis) is 1. The van der Waals surface area contributed by atoms with Crippen molar-refractivity contribution in [1.29, 1.82) is 0 Å². The lowest BCUT2D eigenvalue weighted by atomic mass is 9.97. The van der Waals surface area contributed by atoms with E-state index < -0.39 is 28.9 Å². The van der Waals surface area contributed by atoms with Crippen LogP contribution in [0.25, 0.3) is 21.5 Å². The topological polar surface area (TPSA) is 201 Å². The molecule has 16 heteroatoms. The molecule has 4 aromatic carbocycles. The third-order valence-corrected chi connectivity index (χ3v) is 11.5. The number of nitrogens with one attached hydrogen (secondary N) is 3. The van der Waals surface area contributed by atoms with Gasteiger partial charge in [-0.15, -0.1) is 23.2 Å².